The molecule has 2 atom stereocenters. The van der Waals surface area contributed by atoms with Gasteiger partial charge in [0.05, 0.1) is 5.92 Å². The second kappa shape index (κ2) is 16.9. The van der Waals surface area contributed by atoms with E-state index < -0.39 is 32.5 Å². The molecule has 2 heterocycles. The van der Waals surface area contributed by atoms with Gasteiger partial charge in [0.15, 0.2) is 13.4 Å². The largest absolute Gasteiger partial charge is 0.457 e. The maximum atomic E-state index is 14.8. The molecule has 0 spiro atoms. The number of nitrogens with zero attached hydrogens (tertiary/aromatic N) is 5. The molecule has 0 unspecified atom stereocenters. The first kappa shape index (κ1) is 39.5. The Morgan fingerprint density at radius 3 is 1.94 bits per heavy atom. The number of ether oxygens (including phenoxy) is 1. The lowest BCUT2D eigenvalue weighted by Gasteiger charge is -2.50. The Balaban J connectivity index is 1.70. The highest BCUT2D eigenvalue weighted by molar-refractivity contribution is 8.14. The number of esters is 1. The first-order valence-electron chi connectivity index (χ1n) is 17.1. The van der Waals surface area contributed by atoms with Crippen LogP contribution in [0.5, 0.6) is 0 Å². The quantitative estimate of drug-likeness (QED) is 0.0377. The molecule has 1 aliphatic rings. The van der Waals surface area contributed by atoms with Gasteiger partial charge < -0.3 is 9.16 Å². The number of hydrogen-bond acceptors (Lipinski definition) is 10. The van der Waals surface area contributed by atoms with Crippen molar-refractivity contribution in [2.45, 2.75) is 55.9 Å². The minimum Gasteiger partial charge on any atom is -0.457 e. The number of amides is 1. The number of hydrogen-bond donors (Lipinski definition) is 0. The van der Waals surface area contributed by atoms with Crippen molar-refractivity contribution in [1.29, 1.82) is 0 Å². The van der Waals surface area contributed by atoms with Gasteiger partial charge in [-0.25, -0.2) is 9.48 Å². The van der Waals surface area contributed by atoms with E-state index in [1.165, 1.54) is 17.8 Å². The van der Waals surface area contributed by atoms with Crippen LogP contribution in [0.4, 0.5) is 0 Å². The standard InChI is InChI=1S/C38H46N5O5PS2Si/c1-8-25-47-36(46)34(49(28-18-12-9-13-19-28,29-20-14-10-15-21-29)30-22-16-11-17-23-30)43-33(45)31(27-48-52(6,7)38(2,3)4)35(43)51-32(44)24-26-50-37-39-40-41-42(37)5/h8-23,31,35H,1,24-27H2,2-7H3/t31-,35+/m0/s1. The normalized spacial score (nSPS) is 16.3. The average Bonchev–Trinajstić information content (AvgIpc) is 3.55. The fourth-order valence-corrected chi connectivity index (χ4v) is 13.2. The van der Waals surface area contributed by atoms with Gasteiger partial charge in [-0.3, -0.25) is 14.5 Å². The molecule has 0 radical (unpaired) electrons. The monoisotopic (exact) mass is 775 g/mol. The average molecular weight is 776 g/mol. The minimum absolute atomic E-state index is 0.0501. The first-order valence-corrected chi connectivity index (χ1v) is 23.6. The summed E-state index contributed by atoms with van der Waals surface area (Å²) in [6.07, 6.45) is 1.71. The molecule has 4 aromatic rings. The third-order valence-electron chi connectivity index (χ3n) is 9.45. The van der Waals surface area contributed by atoms with Crippen molar-refractivity contribution in [3.8, 4) is 0 Å². The maximum absolute atomic E-state index is 14.8. The number of aromatic nitrogens is 4. The van der Waals surface area contributed by atoms with Crippen LogP contribution >= 0.6 is 30.4 Å². The molecule has 5 rings (SSSR count). The van der Waals surface area contributed by atoms with Crippen LogP contribution in [-0.2, 0) is 30.6 Å². The van der Waals surface area contributed by atoms with Crippen LogP contribution in [0.2, 0.25) is 18.1 Å². The number of benzene rings is 3. The van der Waals surface area contributed by atoms with Crippen molar-refractivity contribution >= 4 is 77.1 Å². The number of thioether (sulfide) groups is 2. The van der Waals surface area contributed by atoms with Gasteiger partial charge in [-0.15, -0.1) is 5.10 Å². The van der Waals surface area contributed by atoms with Gasteiger partial charge in [0, 0.05) is 32.7 Å². The van der Waals surface area contributed by atoms with Crippen LogP contribution in [0.25, 0.3) is 0 Å². The number of aryl methyl sites for hydroxylation is 1. The van der Waals surface area contributed by atoms with E-state index in [0.29, 0.717) is 10.9 Å². The molecule has 0 N–H and O–H groups in total. The Morgan fingerprint density at radius 1 is 0.942 bits per heavy atom. The fourth-order valence-electron chi connectivity index (χ4n) is 5.68. The zero-order chi connectivity index (χ0) is 37.5. The topological polar surface area (TPSA) is 117 Å². The van der Waals surface area contributed by atoms with Gasteiger partial charge in [-0.1, -0.05) is 148 Å². The summed E-state index contributed by atoms with van der Waals surface area (Å²) >= 11 is 2.46. The molecule has 1 aliphatic heterocycles. The lowest BCUT2D eigenvalue weighted by molar-refractivity contribution is -0.148. The van der Waals surface area contributed by atoms with Crippen molar-refractivity contribution in [3.63, 3.8) is 0 Å². The van der Waals surface area contributed by atoms with Crippen LogP contribution in [0.1, 0.15) is 27.2 Å². The smallest absolute Gasteiger partial charge is 0.356 e. The van der Waals surface area contributed by atoms with Crippen LogP contribution < -0.4 is 15.9 Å². The summed E-state index contributed by atoms with van der Waals surface area (Å²) in [6.45, 7) is 11.4. The van der Waals surface area contributed by atoms with Gasteiger partial charge in [-0.2, -0.15) is 0 Å². The molecular formula is C38H46N5O5PS2Si. The van der Waals surface area contributed by atoms with Crippen molar-refractivity contribution in [1.82, 2.24) is 25.1 Å². The number of rotatable bonds is 15. The van der Waals surface area contributed by atoms with Crippen LogP contribution in [0.3, 0.4) is 0 Å². The van der Waals surface area contributed by atoms with Gasteiger partial charge in [-0.05, 0) is 44.5 Å². The van der Waals surface area contributed by atoms with Crippen LogP contribution in [-0.4, -0.2) is 80.2 Å². The molecule has 0 bridgehead atoms. The van der Waals surface area contributed by atoms with E-state index in [1.54, 1.807) is 16.6 Å². The zero-order valence-corrected chi connectivity index (χ0v) is 34.0. The van der Waals surface area contributed by atoms with Crippen molar-refractivity contribution in [3.05, 3.63) is 104 Å². The first-order chi connectivity index (χ1) is 24.8. The van der Waals surface area contributed by atoms with E-state index in [-0.39, 0.29) is 41.1 Å². The Labute approximate surface area is 315 Å². The van der Waals surface area contributed by atoms with Crippen molar-refractivity contribution < 1.29 is 23.5 Å². The van der Waals surface area contributed by atoms with E-state index >= 15 is 0 Å². The molecule has 0 aliphatic carbocycles. The molecule has 1 aromatic heterocycles. The molecule has 1 amide bonds. The molecule has 52 heavy (non-hydrogen) atoms. The molecule has 274 valence electrons. The Morgan fingerprint density at radius 2 is 1.48 bits per heavy atom. The van der Waals surface area contributed by atoms with Crippen LogP contribution in [0, 0.1) is 5.92 Å². The Hall–Kier alpha value is -3.74. The number of β-lactam (4-membered cyclic amide) rings is 1. The SMILES string of the molecule is C=CCOC(=O)C(N1C(=O)[C@H](CO[Si](C)(C)C(C)(C)C)[C@H]1SC(=O)CCSc1nnnn1C)=P(c1ccccc1)(c1ccccc1)c1ccccc1. The van der Waals surface area contributed by atoms with Crippen LogP contribution in [0.15, 0.2) is 109 Å². The zero-order valence-electron chi connectivity index (χ0n) is 30.5. The highest BCUT2D eigenvalue weighted by atomic mass is 32.2. The van der Waals surface area contributed by atoms with E-state index in [9.17, 15) is 14.4 Å². The van der Waals surface area contributed by atoms with Gasteiger partial charge >= 0.3 is 5.97 Å². The number of carbonyl (C=O) groups is 3. The number of carbonyl (C=O) groups excluding carboxylic acids is 3. The molecule has 3 aromatic carbocycles. The van der Waals surface area contributed by atoms with Gasteiger partial charge in [0.1, 0.15) is 17.4 Å². The summed E-state index contributed by atoms with van der Waals surface area (Å²) < 4.78 is 14.1. The molecule has 14 heteroatoms. The Bertz CT molecular complexity index is 1830. The second-order valence-corrected chi connectivity index (χ2v) is 24.2. The lowest BCUT2D eigenvalue weighted by Crippen LogP contribution is -2.66. The summed E-state index contributed by atoms with van der Waals surface area (Å²) in [5, 5.41) is 13.8. The fraction of sp³-hybridized carbons (Fsp3) is 0.342. The van der Waals surface area contributed by atoms with Gasteiger partial charge in [0.25, 0.3) is 0 Å². The molecule has 10 nitrogen and oxygen atoms in total. The van der Waals surface area contributed by atoms with E-state index in [2.05, 4.69) is 56.0 Å². The summed E-state index contributed by atoms with van der Waals surface area (Å²) in [4.78, 5) is 44.9. The van der Waals surface area contributed by atoms with E-state index in [0.717, 1.165) is 27.7 Å². The molecular weight excluding hydrogens is 730 g/mol. The molecule has 1 saturated heterocycles. The summed E-state index contributed by atoms with van der Waals surface area (Å²) in [5.74, 6) is -1.13. The molecule has 1 fully saturated rings. The third kappa shape index (κ3) is 8.24. The van der Waals surface area contributed by atoms with Crippen molar-refractivity contribution in [2.75, 3.05) is 19.0 Å². The maximum Gasteiger partial charge on any atom is 0.356 e. The summed E-state index contributed by atoms with van der Waals surface area (Å²) in [6, 6.07) is 29.5. The van der Waals surface area contributed by atoms with Crippen molar-refractivity contribution in [2.24, 2.45) is 13.0 Å². The lowest BCUT2D eigenvalue weighted by atomic mass is 9.99. The predicted molar refractivity (Wildman–Crippen MR) is 215 cm³/mol. The molecule has 0 saturated carbocycles. The summed E-state index contributed by atoms with van der Waals surface area (Å²) in [7, 11) is -0.537. The highest BCUT2D eigenvalue weighted by Crippen LogP contribution is 2.51. The highest BCUT2D eigenvalue weighted by Gasteiger charge is 2.55. The minimum atomic E-state index is -3.14. The third-order valence-corrected chi connectivity index (χ3v) is 20.5. The second-order valence-electron chi connectivity index (χ2n) is 13.8. The predicted octanol–water partition coefficient (Wildman–Crippen LogP) is 5.61. The van der Waals surface area contributed by atoms with Gasteiger partial charge in [0.2, 0.25) is 11.1 Å². The van der Waals surface area contributed by atoms with E-state index in [1.807, 2.05) is 91.0 Å². The summed E-state index contributed by atoms with van der Waals surface area (Å²) in [5.41, 5.74) is 0.219. The number of likely N-dealkylation sites (tertiary alicyclic amines) is 1. The van der Waals surface area contributed by atoms with E-state index in [4.69, 9.17) is 9.16 Å². The number of tetrazole rings is 1. The Kier molecular flexibility index (Phi) is 12.9.